The number of aromatic nitrogens is 3. The zero-order valence-electron chi connectivity index (χ0n) is 9.65. The van der Waals surface area contributed by atoms with Crippen molar-refractivity contribution in [3.63, 3.8) is 0 Å². The molecule has 0 unspecified atom stereocenters. The Hall–Kier alpha value is -1.95. The third kappa shape index (κ3) is 1.95. The molecule has 7 heteroatoms. The molecule has 1 aromatic carbocycles. The van der Waals surface area contributed by atoms with Crippen molar-refractivity contribution < 1.29 is 4.39 Å². The normalized spacial score (nSPS) is 10.7. The summed E-state index contributed by atoms with van der Waals surface area (Å²) < 4.78 is 15.4. The van der Waals surface area contributed by atoms with Crippen LogP contribution in [0.1, 0.15) is 5.56 Å². The number of hydrogen-bond donors (Lipinski definition) is 0. The second-order valence-electron chi connectivity index (χ2n) is 3.79. The molecule has 0 N–H and O–H groups in total. The number of benzene rings is 1. The minimum Gasteiger partial charge on any atom is -0.267 e. The van der Waals surface area contributed by atoms with Gasteiger partial charge in [0.15, 0.2) is 5.82 Å². The first-order valence-electron chi connectivity index (χ1n) is 5.03. The van der Waals surface area contributed by atoms with E-state index in [1.54, 1.807) is 6.92 Å². The van der Waals surface area contributed by atoms with E-state index in [2.05, 4.69) is 5.10 Å². The molecular formula is C11H9ClFN3O2. The van der Waals surface area contributed by atoms with E-state index in [9.17, 15) is 14.0 Å². The van der Waals surface area contributed by atoms with Crippen LogP contribution < -0.4 is 11.2 Å². The first-order chi connectivity index (χ1) is 8.41. The van der Waals surface area contributed by atoms with Crippen LogP contribution in [0.5, 0.6) is 0 Å². The third-order valence-corrected chi connectivity index (χ3v) is 2.95. The van der Waals surface area contributed by atoms with Crippen molar-refractivity contribution in [2.45, 2.75) is 6.92 Å². The first-order valence-corrected chi connectivity index (χ1v) is 5.41. The van der Waals surface area contributed by atoms with Gasteiger partial charge in [0.2, 0.25) is 0 Å². The fraction of sp³-hybridized carbons (Fsp3) is 0.182. The molecule has 2 rings (SSSR count). The van der Waals surface area contributed by atoms with Crippen LogP contribution in [0.15, 0.2) is 27.9 Å². The van der Waals surface area contributed by atoms with Crippen molar-refractivity contribution in [1.29, 1.82) is 0 Å². The maximum atomic E-state index is 13.8. The Morgan fingerprint density at radius 2 is 2.00 bits per heavy atom. The molecule has 0 aliphatic carbocycles. The van der Waals surface area contributed by atoms with E-state index >= 15 is 0 Å². The van der Waals surface area contributed by atoms with Gasteiger partial charge in [0.1, 0.15) is 11.9 Å². The van der Waals surface area contributed by atoms with Crippen LogP contribution >= 0.6 is 11.6 Å². The Kier molecular flexibility index (Phi) is 3.04. The van der Waals surface area contributed by atoms with Gasteiger partial charge in [-0.2, -0.15) is 9.78 Å². The molecule has 0 aliphatic heterocycles. The van der Waals surface area contributed by atoms with Crippen molar-refractivity contribution in [2.24, 2.45) is 7.05 Å². The first kappa shape index (κ1) is 12.5. The average Bonchev–Trinajstić information content (AvgIpc) is 2.32. The van der Waals surface area contributed by atoms with Gasteiger partial charge in [-0.05, 0) is 24.6 Å². The lowest BCUT2D eigenvalue weighted by Gasteiger charge is -2.08. The lowest BCUT2D eigenvalue weighted by atomic mass is 10.2. The van der Waals surface area contributed by atoms with E-state index in [0.717, 1.165) is 21.5 Å². The largest absolute Gasteiger partial charge is 0.352 e. The number of nitrogens with zero attached hydrogens (tertiary/aromatic N) is 3. The van der Waals surface area contributed by atoms with E-state index < -0.39 is 17.1 Å². The van der Waals surface area contributed by atoms with Gasteiger partial charge in [-0.15, -0.1) is 0 Å². The van der Waals surface area contributed by atoms with Gasteiger partial charge in [-0.3, -0.25) is 9.36 Å². The maximum absolute atomic E-state index is 13.8. The molecule has 0 saturated carbocycles. The molecule has 0 atom stereocenters. The highest BCUT2D eigenvalue weighted by atomic mass is 35.5. The van der Waals surface area contributed by atoms with Crippen molar-refractivity contribution >= 4 is 11.6 Å². The molecule has 0 bridgehead atoms. The standard InChI is InChI=1S/C11H9ClFN3O2/c1-6-3-9(8(13)4-7(6)12)16-11(18)15(2)10(17)5-14-16/h3-5H,1-2H3. The van der Waals surface area contributed by atoms with E-state index in [-0.39, 0.29) is 10.7 Å². The molecule has 1 heterocycles. The molecule has 0 saturated heterocycles. The summed E-state index contributed by atoms with van der Waals surface area (Å²) in [4.78, 5) is 23.0. The maximum Gasteiger partial charge on any atom is 0.352 e. The molecule has 0 aliphatic rings. The number of hydrogen-bond acceptors (Lipinski definition) is 3. The molecule has 0 amide bonds. The van der Waals surface area contributed by atoms with Gasteiger partial charge >= 0.3 is 5.69 Å². The van der Waals surface area contributed by atoms with Crippen LogP contribution in [0.25, 0.3) is 5.69 Å². The summed E-state index contributed by atoms with van der Waals surface area (Å²) in [5.74, 6) is -0.682. The predicted octanol–water partition coefficient (Wildman–Crippen LogP) is 1.03. The van der Waals surface area contributed by atoms with E-state index in [4.69, 9.17) is 11.6 Å². The van der Waals surface area contributed by atoms with Gasteiger partial charge in [0.25, 0.3) is 5.56 Å². The summed E-state index contributed by atoms with van der Waals surface area (Å²) in [5.41, 5.74) is -0.710. The molecule has 2 aromatic rings. The molecule has 0 radical (unpaired) electrons. The van der Waals surface area contributed by atoms with Crippen molar-refractivity contribution in [1.82, 2.24) is 14.3 Å². The van der Waals surface area contributed by atoms with E-state index in [0.29, 0.717) is 5.56 Å². The molecule has 1 aromatic heterocycles. The third-order valence-electron chi connectivity index (χ3n) is 2.54. The van der Waals surface area contributed by atoms with Crippen LogP contribution in [-0.4, -0.2) is 14.3 Å². The van der Waals surface area contributed by atoms with Gasteiger partial charge in [-0.25, -0.2) is 9.18 Å². The molecule has 5 nitrogen and oxygen atoms in total. The van der Waals surface area contributed by atoms with Gasteiger partial charge in [0, 0.05) is 12.1 Å². The highest BCUT2D eigenvalue weighted by Crippen LogP contribution is 2.21. The Balaban J connectivity index is 2.78. The summed E-state index contributed by atoms with van der Waals surface area (Å²) >= 11 is 5.77. The summed E-state index contributed by atoms with van der Waals surface area (Å²) in [6.07, 6.45) is 0.949. The highest BCUT2D eigenvalue weighted by molar-refractivity contribution is 6.31. The average molecular weight is 270 g/mol. The predicted molar refractivity (Wildman–Crippen MR) is 64.8 cm³/mol. The van der Waals surface area contributed by atoms with Gasteiger partial charge < -0.3 is 0 Å². The Morgan fingerprint density at radius 3 is 2.67 bits per heavy atom. The van der Waals surface area contributed by atoms with Crippen molar-refractivity contribution in [3.05, 3.63) is 55.6 Å². The quantitative estimate of drug-likeness (QED) is 0.777. The zero-order valence-corrected chi connectivity index (χ0v) is 10.4. The Labute approximate surface area is 106 Å². The summed E-state index contributed by atoms with van der Waals surface area (Å²) in [7, 11) is 1.30. The van der Waals surface area contributed by atoms with E-state index in [1.165, 1.54) is 13.1 Å². The lowest BCUT2D eigenvalue weighted by Crippen LogP contribution is -2.38. The second kappa shape index (κ2) is 4.38. The van der Waals surface area contributed by atoms with Crippen molar-refractivity contribution in [3.8, 4) is 5.69 Å². The number of halogens is 2. The molecule has 94 valence electrons. The van der Waals surface area contributed by atoms with Crippen LogP contribution in [-0.2, 0) is 7.05 Å². The number of aryl methyl sites for hydroxylation is 1. The molecular weight excluding hydrogens is 261 g/mol. The molecule has 18 heavy (non-hydrogen) atoms. The van der Waals surface area contributed by atoms with Crippen LogP contribution in [0, 0.1) is 12.7 Å². The monoisotopic (exact) mass is 269 g/mol. The van der Waals surface area contributed by atoms with Crippen LogP contribution in [0.2, 0.25) is 5.02 Å². The van der Waals surface area contributed by atoms with Crippen LogP contribution in [0.4, 0.5) is 4.39 Å². The smallest absolute Gasteiger partial charge is 0.267 e. The second-order valence-corrected chi connectivity index (χ2v) is 4.20. The highest BCUT2D eigenvalue weighted by Gasteiger charge is 2.12. The van der Waals surface area contributed by atoms with Gasteiger partial charge in [0.05, 0.1) is 0 Å². The minimum atomic E-state index is -0.719. The number of rotatable bonds is 1. The SMILES string of the molecule is Cc1cc(-n2ncc(=O)n(C)c2=O)c(F)cc1Cl. The fourth-order valence-electron chi connectivity index (χ4n) is 1.45. The summed E-state index contributed by atoms with van der Waals surface area (Å²) in [6.45, 7) is 1.68. The van der Waals surface area contributed by atoms with E-state index in [1.807, 2.05) is 0 Å². The Bertz CT molecular complexity index is 736. The molecule has 0 spiro atoms. The summed E-state index contributed by atoms with van der Waals surface area (Å²) in [6, 6.07) is 2.50. The zero-order chi connectivity index (χ0) is 13.4. The summed E-state index contributed by atoms with van der Waals surface area (Å²) in [5, 5.41) is 3.89. The Morgan fingerprint density at radius 1 is 1.33 bits per heavy atom. The molecule has 0 fully saturated rings. The van der Waals surface area contributed by atoms with Gasteiger partial charge in [-0.1, -0.05) is 11.6 Å². The minimum absolute atomic E-state index is 0.0440. The topological polar surface area (TPSA) is 56.9 Å². The fourth-order valence-corrected chi connectivity index (χ4v) is 1.60. The van der Waals surface area contributed by atoms with Crippen LogP contribution in [0.3, 0.4) is 0 Å². The lowest BCUT2D eigenvalue weighted by molar-refractivity contribution is 0.584. The van der Waals surface area contributed by atoms with Crippen molar-refractivity contribution in [2.75, 3.05) is 0 Å².